The van der Waals surface area contributed by atoms with Gasteiger partial charge < -0.3 is 5.32 Å². The summed E-state index contributed by atoms with van der Waals surface area (Å²) in [5.41, 5.74) is 4.04. The highest BCUT2D eigenvalue weighted by molar-refractivity contribution is 6.04. The molecule has 1 fully saturated rings. The van der Waals surface area contributed by atoms with Crippen molar-refractivity contribution in [2.75, 3.05) is 5.32 Å². The topological polar surface area (TPSA) is 101 Å². The molecule has 3 heterocycles. The zero-order chi connectivity index (χ0) is 21.3. The van der Waals surface area contributed by atoms with Crippen LogP contribution in [0.4, 0.5) is 5.82 Å². The monoisotopic (exact) mass is 407 g/mol. The van der Waals surface area contributed by atoms with Crippen molar-refractivity contribution in [3.63, 3.8) is 0 Å². The van der Waals surface area contributed by atoms with Gasteiger partial charge in [-0.2, -0.15) is 10.2 Å². The second kappa shape index (κ2) is 8.38. The van der Waals surface area contributed by atoms with Gasteiger partial charge in [0, 0.05) is 35.3 Å². The number of aromatic amines is 1. The number of aromatic nitrogens is 6. The van der Waals surface area contributed by atoms with E-state index < -0.39 is 0 Å². The molecule has 8 nitrogen and oxygen atoms in total. The fourth-order valence-electron chi connectivity index (χ4n) is 4.11. The summed E-state index contributed by atoms with van der Waals surface area (Å²) in [4.78, 5) is 22.0. The molecule has 4 rings (SSSR count). The number of carbonyl (C=O) groups is 1. The highest BCUT2D eigenvalue weighted by Gasteiger charge is 2.22. The van der Waals surface area contributed by atoms with Crippen LogP contribution in [0.15, 0.2) is 18.3 Å². The average molecular weight is 408 g/mol. The fourth-order valence-corrected chi connectivity index (χ4v) is 4.11. The van der Waals surface area contributed by atoms with Crippen LogP contribution < -0.4 is 5.32 Å². The van der Waals surface area contributed by atoms with Gasteiger partial charge in [0.2, 0.25) is 0 Å². The van der Waals surface area contributed by atoms with Crippen LogP contribution in [0, 0.1) is 13.8 Å². The van der Waals surface area contributed by atoms with Crippen LogP contribution >= 0.6 is 0 Å². The third kappa shape index (κ3) is 4.27. The van der Waals surface area contributed by atoms with Crippen molar-refractivity contribution in [3.05, 3.63) is 46.7 Å². The van der Waals surface area contributed by atoms with Gasteiger partial charge in [0.15, 0.2) is 5.82 Å². The van der Waals surface area contributed by atoms with E-state index in [1.54, 1.807) is 10.9 Å². The summed E-state index contributed by atoms with van der Waals surface area (Å²) < 4.78 is 1.59. The molecular formula is C22H29N7O. The van der Waals surface area contributed by atoms with Crippen LogP contribution in [-0.4, -0.2) is 35.9 Å². The fraction of sp³-hybridized carbons (Fsp3) is 0.500. The smallest absolute Gasteiger partial charge is 0.260 e. The van der Waals surface area contributed by atoms with E-state index in [0.717, 1.165) is 17.1 Å². The first-order valence-electron chi connectivity index (χ1n) is 10.7. The third-order valence-corrected chi connectivity index (χ3v) is 5.59. The van der Waals surface area contributed by atoms with Crippen molar-refractivity contribution in [3.8, 4) is 5.95 Å². The largest absolute Gasteiger partial charge is 0.305 e. The van der Waals surface area contributed by atoms with E-state index >= 15 is 0 Å². The molecule has 158 valence electrons. The van der Waals surface area contributed by atoms with Crippen LogP contribution in [0.3, 0.4) is 0 Å². The highest BCUT2D eigenvalue weighted by Crippen LogP contribution is 2.32. The van der Waals surface area contributed by atoms with Crippen LogP contribution in [0.25, 0.3) is 5.95 Å². The van der Waals surface area contributed by atoms with E-state index in [1.165, 1.54) is 32.1 Å². The molecule has 0 aromatic carbocycles. The quantitative estimate of drug-likeness (QED) is 0.652. The lowest BCUT2D eigenvalue weighted by molar-refractivity contribution is 0.102. The van der Waals surface area contributed by atoms with Crippen LogP contribution in [0.5, 0.6) is 0 Å². The molecule has 0 aliphatic heterocycles. The van der Waals surface area contributed by atoms with Crippen molar-refractivity contribution < 1.29 is 4.79 Å². The molecule has 1 saturated carbocycles. The van der Waals surface area contributed by atoms with Crippen LogP contribution in [-0.2, 0) is 0 Å². The summed E-state index contributed by atoms with van der Waals surface area (Å²) in [7, 11) is 0. The lowest BCUT2D eigenvalue weighted by Gasteiger charge is -2.19. The summed E-state index contributed by atoms with van der Waals surface area (Å²) in [5, 5.41) is 14.9. The number of hydrogen-bond donors (Lipinski definition) is 2. The zero-order valence-electron chi connectivity index (χ0n) is 18.1. The summed E-state index contributed by atoms with van der Waals surface area (Å²) >= 11 is 0. The molecule has 1 aliphatic rings. The molecule has 0 radical (unpaired) electrons. The molecule has 3 aromatic heterocycles. The minimum absolute atomic E-state index is 0.0786. The predicted molar refractivity (Wildman–Crippen MR) is 115 cm³/mol. The number of anilines is 1. The van der Waals surface area contributed by atoms with Crippen molar-refractivity contribution in [2.45, 2.75) is 71.6 Å². The van der Waals surface area contributed by atoms with E-state index in [4.69, 9.17) is 0 Å². The Balaban J connectivity index is 1.57. The molecule has 8 heteroatoms. The maximum atomic E-state index is 13.0. The number of H-pyrrole nitrogens is 1. The normalized spacial score (nSPS) is 15.0. The molecule has 1 amide bonds. The summed E-state index contributed by atoms with van der Waals surface area (Å²) in [5.74, 6) is 1.37. The first-order valence-corrected chi connectivity index (χ1v) is 10.7. The Morgan fingerprint density at radius 1 is 1.13 bits per heavy atom. The van der Waals surface area contributed by atoms with Crippen LogP contribution in [0.1, 0.15) is 90.9 Å². The SMILES string of the molecule is Cc1cc(C)nc(-n2cc(C(=O)Nc3cc(C4CCCCC4)[nH]n3)c(C(C)C)n2)n1. The number of nitrogens with one attached hydrogen (secondary N) is 2. The van der Waals surface area contributed by atoms with Gasteiger partial charge in [-0.25, -0.2) is 14.6 Å². The van der Waals surface area contributed by atoms with Crippen molar-refractivity contribution >= 4 is 11.7 Å². The van der Waals surface area contributed by atoms with E-state index in [2.05, 4.69) is 30.6 Å². The van der Waals surface area contributed by atoms with E-state index in [0.29, 0.717) is 28.9 Å². The molecule has 0 bridgehead atoms. The molecule has 2 N–H and O–H groups in total. The molecule has 0 atom stereocenters. The lowest BCUT2D eigenvalue weighted by atomic mass is 9.87. The molecule has 3 aromatic rings. The Morgan fingerprint density at radius 3 is 2.50 bits per heavy atom. The first kappa shape index (κ1) is 20.3. The number of aryl methyl sites for hydroxylation is 2. The summed E-state index contributed by atoms with van der Waals surface area (Å²) in [6.07, 6.45) is 7.87. The first-order chi connectivity index (χ1) is 14.4. The van der Waals surface area contributed by atoms with Crippen molar-refractivity contribution in [2.24, 2.45) is 0 Å². The van der Waals surface area contributed by atoms with Crippen molar-refractivity contribution in [1.29, 1.82) is 0 Å². The predicted octanol–water partition coefficient (Wildman–Crippen LogP) is 4.43. The summed E-state index contributed by atoms with van der Waals surface area (Å²) in [6.45, 7) is 7.86. The maximum Gasteiger partial charge on any atom is 0.260 e. The van der Waals surface area contributed by atoms with Gasteiger partial charge in [-0.05, 0) is 38.7 Å². The Hall–Kier alpha value is -3.03. The second-order valence-corrected chi connectivity index (χ2v) is 8.48. The Kier molecular flexibility index (Phi) is 5.65. The Morgan fingerprint density at radius 2 is 1.83 bits per heavy atom. The third-order valence-electron chi connectivity index (χ3n) is 5.59. The zero-order valence-corrected chi connectivity index (χ0v) is 18.1. The van der Waals surface area contributed by atoms with Gasteiger partial charge in [0.05, 0.1) is 11.3 Å². The van der Waals surface area contributed by atoms with Gasteiger partial charge in [-0.15, -0.1) is 0 Å². The minimum atomic E-state index is -0.226. The molecule has 1 aliphatic carbocycles. The minimum Gasteiger partial charge on any atom is -0.305 e. The number of hydrogen-bond acceptors (Lipinski definition) is 5. The van der Waals surface area contributed by atoms with Crippen LogP contribution in [0.2, 0.25) is 0 Å². The molecule has 0 saturated heterocycles. The van der Waals surface area contributed by atoms with E-state index in [9.17, 15) is 4.79 Å². The Bertz CT molecular complexity index is 1020. The molecule has 30 heavy (non-hydrogen) atoms. The number of carbonyl (C=O) groups excluding carboxylic acids is 1. The summed E-state index contributed by atoms with van der Waals surface area (Å²) in [6, 6.07) is 3.87. The van der Waals surface area contributed by atoms with E-state index in [-0.39, 0.29) is 11.8 Å². The molecule has 0 unspecified atom stereocenters. The van der Waals surface area contributed by atoms with Crippen molar-refractivity contribution in [1.82, 2.24) is 29.9 Å². The van der Waals surface area contributed by atoms with Gasteiger partial charge in [-0.3, -0.25) is 9.89 Å². The Labute approximate surface area is 176 Å². The lowest BCUT2D eigenvalue weighted by Crippen LogP contribution is -2.14. The standard InChI is InChI=1S/C22H29N7O/c1-13(2)20-17(12-29(28-20)22-23-14(3)10-15(4)24-22)21(30)25-19-11-18(26-27-19)16-8-6-5-7-9-16/h10-13,16H,5-9H2,1-4H3,(H2,25,26,27,30). The second-order valence-electron chi connectivity index (χ2n) is 8.48. The average Bonchev–Trinajstić information content (AvgIpc) is 3.35. The van der Waals surface area contributed by atoms with E-state index in [1.807, 2.05) is 39.8 Å². The van der Waals surface area contributed by atoms with Gasteiger partial charge in [0.25, 0.3) is 11.9 Å². The van der Waals surface area contributed by atoms with Gasteiger partial charge in [-0.1, -0.05) is 33.1 Å². The number of amides is 1. The maximum absolute atomic E-state index is 13.0. The highest BCUT2D eigenvalue weighted by atomic mass is 16.1. The number of nitrogens with zero attached hydrogens (tertiary/aromatic N) is 5. The molecular weight excluding hydrogens is 378 g/mol. The van der Waals surface area contributed by atoms with Gasteiger partial charge >= 0.3 is 0 Å². The van der Waals surface area contributed by atoms with Gasteiger partial charge in [0.1, 0.15) is 0 Å². The molecule has 0 spiro atoms. The number of rotatable bonds is 5.